The number of hydrogen-bond acceptors (Lipinski definition) is 7. The number of ether oxygens (including phenoxy) is 4. The summed E-state index contributed by atoms with van der Waals surface area (Å²) in [6.07, 6.45) is 1.77. The molecule has 0 aliphatic carbocycles. The third-order valence-electron chi connectivity index (χ3n) is 4.59. The normalized spacial score (nSPS) is 14.6. The van der Waals surface area contributed by atoms with Gasteiger partial charge in [-0.05, 0) is 60.9 Å². The molecule has 1 saturated heterocycles. The molecule has 164 valence electrons. The molecule has 1 amide bonds. The molecular weight excluding hydrogens is 434 g/mol. The van der Waals surface area contributed by atoms with Gasteiger partial charge in [-0.25, -0.2) is 0 Å². The van der Waals surface area contributed by atoms with E-state index in [2.05, 4.69) is 19.2 Å². The minimum atomic E-state index is -0.187. The van der Waals surface area contributed by atoms with Gasteiger partial charge in [-0.1, -0.05) is 36.1 Å². The van der Waals surface area contributed by atoms with Crippen molar-refractivity contribution in [1.29, 1.82) is 0 Å². The molecule has 0 bridgehead atoms. The summed E-state index contributed by atoms with van der Waals surface area (Å²) in [4.78, 5) is 12.4. The number of thiocarbonyl (C=S) groups is 1. The van der Waals surface area contributed by atoms with Crippen molar-refractivity contribution in [3.8, 4) is 17.2 Å². The van der Waals surface area contributed by atoms with Gasteiger partial charge in [0.1, 0.15) is 23.3 Å². The van der Waals surface area contributed by atoms with Gasteiger partial charge in [0.2, 0.25) is 0 Å². The van der Waals surface area contributed by atoms with Crippen LogP contribution in [0.3, 0.4) is 0 Å². The van der Waals surface area contributed by atoms with Crippen LogP contribution in [0.2, 0.25) is 0 Å². The first-order valence-electron chi connectivity index (χ1n) is 9.80. The highest BCUT2D eigenvalue weighted by molar-refractivity contribution is 8.26. The van der Waals surface area contributed by atoms with Crippen LogP contribution >= 0.6 is 24.0 Å². The minimum Gasteiger partial charge on any atom is -0.493 e. The van der Waals surface area contributed by atoms with Crippen molar-refractivity contribution in [2.24, 2.45) is 0 Å². The van der Waals surface area contributed by atoms with Crippen molar-refractivity contribution < 1.29 is 23.7 Å². The summed E-state index contributed by atoms with van der Waals surface area (Å²) >= 11 is 6.25. The van der Waals surface area contributed by atoms with E-state index in [1.54, 1.807) is 13.2 Å². The summed E-state index contributed by atoms with van der Waals surface area (Å²) in [5.74, 6) is 1.85. The number of amides is 1. The largest absolute Gasteiger partial charge is 0.493 e. The number of carbonyl (C=O) groups is 1. The minimum absolute atomic E-state index is 0.187. The Kier molecular flexibility index (Phi) is 8.34. The standard InChI is InChI=1S/C23H25NO5S2/c1-15-4-6-18(12-16(15)2)28-10-8-27-9-11-29-19-7-5-17(13-20(19)26-3)14-21-22(25)24-23(30)31-21/h4-7,12-14H,8-11H2,1-3H3,(H,24,25,30). The van der Waals surface area contributed by atoms with E-state index in [0.29, 0.717) is 47.2 Å². The molecule has 0 spiro atoms. The van der Waals surface area contributed by atoms with Gasteiger partial charge in [-0.2, -0.15) is 0 Å². The lowest BCUT2D eigenvalue weighted by atomic mass is 10.1. The van der Waals surface area contributed by atoms with E-state index in [4.69, 9.17) is 31.2 Å². The molecule has 1 N–H and O–H groups in total. The molecule has 0 aromatic heterocycles. The van der Waals surface area contributed by atoms with Crippen molar-refractivity contribution in [2.75, 3.05) is 33.5 Å². The Labute approximate surface area is 191 Å². The van der Waals surface area contributed by atoms with Crippen LogP contribution in [0.15, 0.2) is 41.3 Å². The Hall–Kier alpha value is -2.55. The van der Waals surface area contributed by atoms with Crippen LogP contribution in [0.5, 0.6) is 17.2 Å². The summed E-state index contributed by atoms with van der Waals surface area (Å²) < 4.78 is 22.9. The van der Waals surface area contributed by atoms with Crippen LogP contribution in [0.4, 0.5) is 0 Å². The maximum atomic E-state index is 11.8. The Balaban J connectivity index is 1.42. The first-order valence-corrected chi connectivity index (χ1v) is 11.0. The molecule has 0 unspecified atom stereocenters. The van der Waals surface area contributed by atoms with Crippen molar-refractivity contribution in [1.82, 2.24) is 5.32 Å². The molecule has 6 nitrogen and oxygen atoms in total. The smallest absolute Gasteiger partial charge is 0.263 e. The third-order valence-corrected chi connectivity index (χ3v) is 5.75. The van der Waals surface area contributed by atoms with Gasteiger partial charge in [0, 0.05) is 0 Å². The van der Waals surface area contributed by atoms with Crippen LogP contribution < -0.4 is 19.5 Å². The van der Waals surface area contributed by atoms with Gasteiger partial charge in [-0.3, -0.25) is 4.79 Å². The van der Waals surface area contributed by atoms with E-state index in [0.717, 1.165) is 11.3 Å². The number of aryl methyl sites for hydroxylation is 2. The van der Waals surface area contributed by atoms with Crippen LogP contribution in [-0.4, -0.2) is 43.8 Å². The molecular formula is C23H25NO5S2. The monoisotopic (exact) mass is 459 g/mol. The predicted octanol–water partition coefficient (Wildman–Crippen LogP) is 4.28. The van der Waals surface area contributed by atoms with Crippen molar-refractivity contribution in [3.63, 3.8) is 0 Å². The molecule has 1 aliphatic heterocycles. The van der Waals surface area contributed by atoms with E-state index in [1.165, 1.54) is 22.9 Å². The number of hydrogen-bond donors (Lipinski definition) is 1. The SMILES string of the molecule is COc1cc(C=C2SC(=S)NC2=O)ccc1OCCOCCOc1ccc(C)c(C)c1. The zero-order chi connectivity index (χ0) is 22.2. The number of carbonyl (C=O) groups excluding carboxylic acids is 1. The number of rotatable bonds is 10. The van der Waals surface area contributed by atoms with Crippen molar-refractivity contribution in [3.05, 3.63) is 58.0 Å². The lowest BCUT2D eigenvalue weighted by Gasteiger charge is -2.12. The summed E-state index contributed by atoms with van der Waals surface area (Å²) in [7, 11) is 1.58. The molecule has 0 saturated carbocycles. The van der Waals surface area contributed by atoms with E-state index in [9.17, 15) is 4.79 Å². The summed E-state index contributed by atoms with van der Waals surface area (Å²) in [5.41, 5.74) is 3.27. The highest BCUT2D eigenvalue weighted by atomic mass is 32.2. The Morgan fingerprint density at radius 1 is 0.968 bits per heavy atom. The lowest BCUT2D eigenvalue weighted by molar-refractivity contribution is -0.115. The van der Waals surface area contributed by atoms with Crippen molar-refractivity contribution >= 4 is 40.3 Å². The average Bonchev–Trinajstić information content (AvgIpc) is 3.07. The zero-order valence-corrected chi connectivity index (χ0v) is 19.4. The first kappa shape index (κ1) is 23.1. The van der Waals surface area contributed by atoms with E-state index in [1.807, 2.05) is 36.4 Å². The zero-order valence-electron chi connectivity index (χ0n) is 17.7. The highest BCUT2D eigenvalue weighted by Gasteiger charge is 2.22. The summed E-state index contributed by atoms with van der Waals surface area (Å²) in [6.45, 7) is 5.90. The first-order chi connectivity index (χ1) is 15.0. The molecule has 1 aliphatic rings. The number of thioether (sulfide) groups is 1. The topological polar surface area (TPSA) is 66.0 Å². The fourth-order valence-electron chi connectivity index (χ4n) is 2.80. The van der Waals surface area contributed by atoms with Gasteiger partial charge < -0.3 is 24.3 Å². The van der Waals surface area contributed by atoms with Gasteiger partial charge in [0.15, 0.2) is 11.5 Å². The van der Waals surface area contributed by atoms with Crippen molar-refractivity contribution in [2.45, 2.75) is 13.8 Å². The van der Waals surface area contributed by atoms with E-state index >= 15 is 0 Å². The maximum absolute atomic E-state index is 11.8. The number of methoxy groups -OCH3 is 1. The summed E-state index contributed by atoms with van der Waals surface area (Å²) in [5, 5.41) is 2.60. The molecule has 2 aromatic rings. The quantitative estimate of drug-likeness (QED) is 0.323. The fraction of sp³-hybridized carbons (Fsp3) is 0.304. The van der Waals surface area contributed by atoms with Crippen LogP contribution in [-0.2, 0) is 9.53 Å². The van der Waals surface area contributed by atoms with Gasteiger partial charge in [0.25, 0.3) is 5.91 Å². The second-order valence-electron chi connectivity index (χ2n) is 6.82. The van der Waals surface area contributed by atoms with E-state index in [-0.39, 0.29) is 5.91 Å². The van der Waals surface area contributed by atoms with E-state index < -0.39 is 0 Å². The van der Waals surface area contributed by atoms with Gasteiger partial charge in [-0.15, -0.1) is 0 Å². The third kappa shape index (κ3) is 6.72. The predicted molar refractivity (Wildman–Crippen MR) is 127 cm³/mol. The Morgan fingerprint density at radius 3 is 2.42 bits per heavy atom. The number of nitrogens with one attached hydrogen (secondary N) is 1. The molecule has 8 heteroatoms. The van der Waals surface area contributed by atoms with Crippen LogP contribution in [0.25, 0.3) is 6.08 Å². The van der Waals surface area contributed by atoms with Crippen LogP contribution in [0, 0.1) is 13.8 Å². The average molecular weight is 460 g/mol. The lowest BCUT2D eigenvalue weighted by Crippen LogP contribution is -2.17. The van der Waals surface area contributed by atoms with Crippen LogP contribution in [0.1, 0.15) is 16.7 Å². The van der Waals surface area contributed by atoms with Gasteiger partial charge >= 0.3 is 0 Å². The second kappa shape index (κ2) is 11.2. The Morgan fingerprint density at radius 2 is 1.74 bits per heavy atom. The number of benzene rings is 2. The molecule has 2 aromatic carbocycles. The molecule has 0 radical (unpaired) electrons. The molecule has 31 heavy (non-hydrogen) atoms. The fourth-order valence-corrected chi connectivity index (χ4v) is 3.84. The second-order valence-corrected chi connectivity index (χ2v) is 8.54. The molecule has 0 atom stereocenters. The maximum Gasteiger partial charge on any atom is 0.263 e. The molecule has 1 heterocycles. The molecule has 1 fully saturated rings. The van der Waals surface area contributed by atoms with Gasteiger partial charge in [0.05, 0.1) is 25.2 Å². The molecule has 3 rings (SSSR count). The highest BCUT2D eigenvalue weighted by Crippen LogP contribution is 2.31. The summed E-state index contributed by atoms with van der Waals surface area (Å²) in [6, 6.07) is 11.5. The Bertz CT molecular complexity index is 990.